The molecule has 2 N–H and O–H groups in total. The number of halogens is 3. The SMILES string of the molecule is CCCOC(=O)[C@@H](c1ccccc1)[C@H](N)C(F)(F)F. The molecule has 0 spiro atoms. The molecule has 2 atom stereocenters. The van der Waals surface area contributed by atoms with Crippen LogP contribution in [0.1, 0.15) is 24.8 Å². The van der Waals surface area contributed by atoms with Crippen LogP contribution in [-0.2, 0) is 9.53 Å². The van der Waals surface area contributed by atoms with Gasteiger partial charge in [-0.15, -0.1) is 0 Å². The lowest BCUT2D eigenvalue weighted by Crippen LogP contribution is -2.46. The first kappa shape index (κ1) is 15.5. The number of alkyl halides is 3. The van der Waals surface area contributed by atoms with E-state index in [-0.39, 0.29) is 12.2 Å². The largest absolute Gasteiger partial charge is 0.465 e. The van der Waals surface area contributed by atoms with Crippen molar-refractivity contribution in [3.63, 3.8) is 0 Å². The van der Waals surface area contributed by atoms with Crippen molar-refractivity contribution >= 4 is 5.97 Å². The molecule has 1 aromatic rings. The molecule has 0 unspecified atom stereocenters. The monoisotopic (exact) mass is 275 g/mol. The zero-order valence-corrected chi connectivity index (χ0v) is 10.5. The summed E-state index contributed by atoms with van der Waals surface area (Å²) in [5.74, 6) is -2.48. The smallest absolute Gasteiger partial charge is 0.404 e. The summed E-state index contributed by atoms with van der Waals surface area (Å²) in [6, 6.07) is 5.35. The van der Waals surface area contributed by atoms with Crippen LogP contribution in [-0.4, -0.2) is 24.8 Å². The van der Waals surface area contributed by atoms with E-state index < -0.39 is 24.1 Å². The summed E-state index contributed by atoms with van der Waals surface area (Å²) in [6.45, 7) is 1.83. The van der Waals surface area contributed by atoms with Crippen LogP contribution in [0.4, 0.5) is 13.2 Å². The molecule has 0 aliphatic carbocycles. The summed E-state index contributed by atoms with van der Waals surface area (Å²) in [5.41, 5.74) is 5.38. The summed E-state index contributed by atoms with van der Waals surface area (Å²) < 4.78 is 43.0. The average Bonchev–Trinajstić information content (AvgIpc) is 2.36. The number of rotatable bonds is 5. The Hall–Kier alpha value is -1.56. The fourth-order valence-corrected chi connectivity index (χ4v) is 1.63. The first-order valence-electron chi connectivity index (χ1n) is 5.91. The molecule has 0 saturated carbocycles. The second kappa shape index (κ2) is 6.56. The van der Waals surface area contributed by atoms with Gasteiger partial charge in [-0.05, 0) is 12.0 Å². The van der Waals surface area contributed by atoms with Crippen molar-refractivity contribution in [2.45, 2.75) is 31.5 Å². The molecule has 1 rings (SSSR count). The molecule has 0 bridgehead atoms. The molecule has 3 nitrogen and oxygen atoms in total. The standard InChI is InChI=1S/C13H16F3NO2/c1-2-8-19-12(18)10(11(17)13(14,15)16)9-6-4-3-5-7-9/h3-7,10-11H,2,8,17H2,1H3/t10-,11-/m0/s1. The maximum Gasteiger partial charge on any atom is 0.404 e. The normalized spacial score (nSPS) is 14.8. The molecule has 19 heavy (non-hydrogen) atoms. The van der Waals surface area contributed by atoms with E-state index in [1.165, 1.54) is 12.1 Å². The van der Waals surface area contributed by atoms with E-state index in [2.05, 4.69) is 0 Å². The molecule has 0 aliphatic rings. The number of carbonyl (C=O) groups is 1. The highest BCUT2D eigenvalue weighted by atomic mass is 19.4. The maximum absolute atomic E-state index is 12.7. The van der Waals surface area contributed by atoms with Gasteiger partial charge in [0.2, 0.25) is 0 Å². The quantitative estimate of drug-likeness (QED) is 0.840. The van der Waals surface area contributed by atoms with Crippen LogP contribution in [0.2, 0.25) is 0 Å². The summed E-state index contributed by atoms with van der Waals surface area (Å²) in [4.78, 5) is 11.8. The van der Waals surface area contributed by atoms with Gasteiger partial charge in [0.25, 0.3) is 0 Å². The Balaban J connectivity index is 3.01. The molecule has 6 heteroatoms. The fraction of sp³-hybridized carbons (Fsp3) is 0.462. The van der Waals surface area contributed by atoms with Crippen molar-refractivity contribution in [1.82, 2.24) is 0 Å². The Labute approximate surface area is 109 Å². The van der Waals surface area contributed by atoms with E-state index in [1.54, 1.807) is 25.1 Å². The van der Waals surface area contributed by atoms with Crippen LogP contribution in [0.15, 0.2) is 30.3 Å². The molecule has 0 aliphatic heterocycles. The number of esters is 1. The highest BCUT2D eigenvalue weighted by Crippen LogP contribution is 2.31. The zero-order valence-electron chi connectivity index (χ0n) is 10.5. The van der Waals surface area contributed by atoms with Crippen LogP contribution in [0.3, 0.4) is 0 Å². The molecule has 1 aromatic carbocycles. The van der Waals surface area contributed by atoms with Crippen LogP contribution in [0, 0.1) is 0 Å². The van der Waals surface area contributed by atoms with Crippen molar-refractivity contribution in [1.29, 1.82) is 0 Å². The zero-order chi connectivity index (χ0) is 14.5. The topological polar surface area (TPSA) is 52.3 Å². The summed E-state index contributed by atoms with van der Waals surface area (Å²) in [5, 5.41) is 0. The number of benzene rings is 1. The van der Waals surface area contributed by atoms with Gasteiger partial charge >= 0.3 is 12.1 Å². The number of hydrogen-bond acceptors (Lipinski definition) is 3. The second-order valence-electron chi connectivity index (χ2n) is 4.12. The molecule has 0 aromatic heterocycles. The Bertz CT molecular complexity index is 406. The molecule has 0 saturated heterocycles. The maximum atomic E-state index is 12.7. The van der Waals surface area contributed by atoms with E-state index >= 15 is 0 Å². The highest BCUT2D eigenvalue weighted by Gasteiger charge is 2.46. The minimum atomic E-state index is -4.66. The van der Waals surface area contributed by atoms with E-state index in [4.69, 9.17) is 10.5 Å². The first-order valence-corrected chi connectivity index (χ1v) is 5.91. The number of ether oxygens (including phenoxy) is 1. The molecular formula is C13H16F3NO2. The third kappa shape index (κ3) is 4.24. The van der Waals surface area contributed by atoms with E-state index in [9.17, 15) is 18.0 Å². The molecule has 0 fully saturated rings. The number of nitrogens with two attached hydrogens (primary N) is 1. The Morgan fingerprint density at radius 1 is 1.32 bits per heavy atom. The van der Waals surface area contributed by atoms with Crippen LogP contribution >= 0.6 is 0 Å². The third-order valence-electron chi connectivity index (χ3n) is 2.60. The van der Waals surface area contributed by atoms with Crippen molar-refractivity contribution < 1.29 is 22.7 Å². The Kier molecular flexibility index (Phi) is 5.35. The van der Waals surface area contributed by atoms with Gasteiger partial charge < -0.3 is 10.5 Å². The lowest BCUT2D eigenvalue weighted by Gasteiger charge is -2.24. The van der Waals surface area contributed by atoms with Gasteiger partial charge in [-0.1, -0.05) is 37.3 Å². The fourth-order valence-electron chi connectivity index (χ4n) is 1.63. The van der Waals surface area contributed by atoms with Gasteiger partial charge in [0.1, 0.15) is 12.0 Å². The number of carbonyl (C=O) groups excluding carboxylic acids is 1. The molecule has 106 valence electrons. The molecule has 0 heterocycles. The minimum Gasteiger partial charge on any atom is -0.465 e. The van der Waals surface area contributed by atoms with Gasteiger partial charge in [0.15, 0.2) is 0 Å². The van der Waals surface area contributed by atoms with Gasteiger partial charge in [-0.2, -0.15) is 13.2 Å². The van der Waals surface area contributed by atoms with Crippen molar-refractivity contribution in [2.75, 3.05) is 6.61 Å². The predicted molar refractivity (Wildman–Crippen MR) is 64.5 cm³/mol. The number of hydrogen-bond donors (Lipinski definition) is 1. The lowest BCUT2D eigenvalue weighted by molar-refractivity contribution is -0.169. The molecule has 0 radical (unpaired) electrons. The molecular weight excluding hydrogens is 259 g/mol. The van der Waals surface area contributed by atoms with E-state index in [0.717, 1.165) is 0 Å². The Morgan fingerprint density at radius 3 is 2.37 bits per heavy atom. The van der Waals surface area contributed by atoms with Gasteiger partial charge in [0.05, 0.1) is 6.61 Å². The van der Waals surface area contributed by atoms with E-state index in [1.807, 2.05) is 0 Å². The molecule has 0 amide bonds. The van der Waals surface area contributed by atoms with E-state index in [0.29, 0.717) is 6.42 Å². The third-order valence-corrected chi connectivity index (χ3v) is 2.60. The van der Waals surface area contributed by atoms with Crippen LogP contribution < -0.4 is 5.73 Å². The van der Waals surface area contributed by atoms with Gasteiger partial charge in [-0.25, -0.2) is 0 Å². The van der Waals surface area contributed by atoms with Crippen molar-refractivity contribution in [2.24, 2.45) is 5.73 Å². The van der Waals surface area contributed by atoms with Gasteiger partial charge in [0, 0.05) is 0 Å². The lowest BCUT2D eigenvalue weighted by atomic mass is 9.91. The minimum absolute atomic E-state index is 0.0761. The van der Waals surface area contributed by atoms with Crippen LogP contribution in [0.5, 0.6) is 0 Å². The van der Waals surface area contributed by atoms with Crippen molar-refractivity contribution in [3.05, 3.63) is 35.9 Å². The van der Waals surface area contributed by atoms with Crippen molar-refractivity contribution in [3.8, 4) is 0 Å². The van der Waals surface area contributed by atoms with Gasteiger partial charge in [-0.3, -0.25) is 4.79 Å². The second-order valence-corrected chi connectivity index (χ2v) is 4.12. The predicted octanol–water partition coefficient (Wildman–Crippen LogP) is 2.61. The summed E-state index contributed by atoms with van der Waals surface area (Å²) in [7, 11) is 0. The first-order chi connectivity index (χ1) is 8.88. The van der Waals surface area contributed by atoms with Crippen LogP contribution in [0.25, 0.3) is 0 Å². The highest BCUT2D eigenvalue weighted by molar-refractivity contribution is 5.79. The summed E-state index contributed by atoms with van der Waals surface area (Å²) >= 11 is 0. The summed E-state index contributed by atoms with van der Waals surface area (Å²) in [6.07, 6.45) is -4.12. The average molecular weight is 275 g/mol. The Morgan fingerprint density at radius 2 is 1.89 bits per heavy atom.